The molecule has 0 radical (unpaired) electrons. The van der Waals surface area contributed by atoms with Gasteiger partial charge in [0, 0.05) is 19.0 Å². The highest BCUT2D eigenvalue weighted by molar-refractivity contribution is 5.95. The largest absolute Gasteiger partial charge is 0.309 e. The fraction of sp³-hybridized carbons (Fsp3) is 0.417. The summed E-state index contributed by atoms with van der Waals surface area (Å²) in [4.78, 5) is 20.2. The number of benzene rings is 2. The molecule has 1 aliphatic carbocycles. The number of fused-ring (bicyclic) bond motifs is 1. The highest BCUT2D eigenvalue weighted by atomic mass is 16.2. The fourth-order valence-electron chi connectivity index (χ4n) is 4.58. The summed E-state index contributed by atoms with van der Waals surface area (Å²) in [5.74, 6) is 1.16. The Balaban J connectivity index is 1.32. The van der Waals surface area contributed by atoms with Gasteiger partial charge < -0.3 is 9.47 Å². The minimum absolute atomic E-state index is 0.0488. The van der Waals surface area contributed by atoms with E-state index >= 15 is 0 Å². The monoisotopic (exact) mass is 388 g/mol. The number of amides is 1. The maximum atomic E-state index is 12.9. The molecule has 1 saturated carbocycles. The van der Waals surface area contributed by atoms with Crippen LogP contribution in [0.5, 0.6) is 0 Å². The number of anilines is 1. The van der Waals surface area contributed by atoms with Crippen LogP contribution in [0.2, 0.25) is 0 Å². The molecule has 5 nitrogen and oxygen atoms in total. The van der Waals surface area contributed by atoms with Crippen molar-refractivity contribution in [1.29, 1.82) is 0 Å². The zero-order valence-corrected chi connectivity index (χ0v) is 16.8. The van der Waals surface area contributed by atoms with E-state index in [1.807, 2.05) is 36.4 Å². The minimum Gasteiger partial charge on any atom is -0.309 e. The highest BCUT2D eigenvalue weighted by Crippen LogP contribution is 2.47. The zero-order valence-electron chi connectivity index (χ0n) is 16.8. The second-order valence-corrected chi connectivity index (χ2v) is 8.33. The first-order chi connectivity index (χ1) is 14.3. The van der Waals surface area contributed by atoms with Gasteiger partial charge in [-0.05, 0) is 56.0 Å². The normalized spacial score (nSPS) is 21.9. The molecular formula is C24H28N4O. The predicted molar refractivity (Wildman–Crippen MR) is 116 cm³/mol. The van der Waals surface area contributed by atoms with Crippen molar-refractivity contribution >= 4 is 22.9 Å². The molecule has 2 fully saturated rings. The van der Waals surface area contributed by atoms with E-state index in [1.165, 1.54) is 37.9 Å². The summed E-state index contributed by atoms with van der Waals surface area (Å²) < 4.78 is 2.18. The van der Waals surface area contributed by atoms with Crippen LogP contribution in [0.4, 0.5) is 5.95 Å². The van der Waals surface area contributed by atoms with Gasteiger partial charge in [0.15, 0.2) is 0 Å². The molecule has 1 saturated heterocycles. The van der Waals surface area contributed by atoms with Gasteiger partial charge in [0.05, 0.1) is 11.0 Å². The number of imidazole rings is 1. The number of hydrogen-bond donors (Lipinski definition) is 1. The lowest BCUT2D eigenvalue weighted by Crippen LogP contribution is -2.33. The van der Waals surface area contributed by atoms with Crippen LogP contribution in [0.3, 0.4) is 0 Å². The van der Waals surface area contributed by atoms with E-state index in [-0.39, 0.29) is 11.8 Å². The number of carbonyl (C=O) groups excluding carboxylic acids is 1. The summed E-state index contributed by atoms with van der Waals surface area (Å²) in [6, 6.07) is 18.5. The maximum Gasteiger partial charge on any atom is 0.230 e. The van der Waals surface area contributed by atoms with Crippen molar-refractivity contribution in [3.05, 3.63) is 60.2 Å². The molecule has 1 N–H and O–H groups in total. The van der Waals surface area contributed by atoms with Crippen molar-refractivity contribution in [3.8, 4) is 0 Å². The number of piperidine rings is 1. The van der Waals surface area contributed by atoms with E-state index in [0.29, 0.717) is 11.9 Å². The molecule has 2 heterocycles. The Morgan fingerprint density at radius 3 is 2.55 bits per heavy atom. The van der Waals surface area contributed by atoms with Gasteiger partial charge in [0.25, 0.3) is 0 Å². The van der Waals surface area contributed by atoms with E-state index in [9.17, 15) is 4.79 Å². The van der Waals surface area contributed by atoms with Gasteiger partial charge in [-0.15, -0.1) is 0 Å². The third-order valence-corrected chi connectivity index (χ3v) is 6.33. The second kappa shape index (κ2) is 7.99. The third kappa shape index (κ3) is 3.92. The van der Waals surface area contributed by atoms with Crippen molar-refractivity contribution < 1.29 is 4.79 Å². The molecule has 3 aromatic rings. The number of rotatable bonds is 6. The number of hydrogen-bond acceptors (Lipinski definition) is 3. The first-order valence-corrected chi connectivity index (χ1v) is 10.8. The summed E-state index contributed by atoms with van der Waals surface area (Å²) in [6.07, 6.45) is 4.84. The molecule has 5 heteroatoms. The number of nitrogens with zero attached hydrogens (tertiary/aromatic N) is 3. The van der Waals surface area contributed by atoms with Crippen LogP contribution in [0.15, 0.2) is 54.6 Å². The molecule has 1 amide bonds. The number of nitrogens with one attached hydrogen (secondary N) is 1. The van der Waals surface area contributed by atoms with Crippen molar-refractivity contribution in [2.75, 3.05) is 25.0 Å². The topological polar surface area (TPSA) is 50.2 Å². The summed E-state index contributed by atoms with van der Waals surface area (Å²) in [7, 11) is 0. The lowest BCUT2D eigenvalue weighted by molar-refractivity contribution is -0.117. The van der Waals surface area contributed by atoms with Gasteiger partial charge in [0.1, 0.15) is 0 Å². The second-order valence-electron chi connectivity index (χ2n) is 8.33. The smallest absolute Gasteiger partial charge is 0.230 e. The van der Waals surface area contributed by atoms with Gasteiger partial charge in [-0.1, -0.05) is 48.9 Å². The predicted octanol–water partition coefficient (Wildman–Crippen LogP) is 4.26. The standard InChI is InChI=1S/C24H28N4O/c29-23(20-17-19(20)18-9-3-1-4-10-18)26-24-25-21-11-5-6-12-22(21)28(24)16-15-27-13-7-2-8-14-27/h1,3-6,9-12,19-20H,2,7-8,13-17H2,(H,25,26,29)/t19-,20+/m0/s1. The van der Waals surface area contributed by atoms with E-state index in [4.69, 9.17) is 4.98 Å². The third-order valence-electron chi connectivity index (χ3n) is 6.33. The SMILES string of the molecule is O=C(Nc1nc2ccccc2n1CCN1CCCCC1)[C@@H]1C[C@H]1c1ccccc1. The highest BCUT2D eigenvalue weighted by Gasteiger charge is 2.44. The van der Waals surface area contributed by atoms with Gasteiger partial charge in [-0.3, -0.25) is 10.1 Å². The van der Waals surface area contributed by atoms with Gasteiger partial charge >= 0.3 is 0 Å². The molecule has 1 aromatic heterocycles. The number of likely N-dealkylation sites (tertiary alicyclic amines) is 1. The van der Waals surface area contributed by atoms with Crippen LogP contribution in [0.25, 0.3) is 11.0 Å². The minimum atomic E-state index is 0.0488. The van der Waals surface area contributed by atoms with Crippen LogP contribution in [-0.4, -0.2) is 40.0 Å². The lowest BCUT2D eigenvalue weighted by Gasteiger charge is -2.26. The molecule has 1 aliphatic heterocycles. The van der Waals surface area contributed by atoms with Gasteiger partial charge in [-0.25, -0.2) is 4.98 Å². The van der Waals surface area contributed by atoms with Crippen LogP contribution < -0.4 is 5.32 Å². The van der Waals surface area contributed by atoms with E-state index < -0.39 is 0 Å². The summed E-state index contributed by atoms with van der Waals surface area (Å²) >= 11 is 0. The summed E-state index contributed by atoms with van der Waals surface area (Å²) in [5.41, 5.74) is 3.29. The molecule has 29 heavy (non-hydrogen) atoms. The van der Waals surface area contributed by atoms with Gasteiger partial charge in [-0.2, -0.15) is 0 Å². The summed E-state index contributed by atoms with van der Waals surface area (Å²) in [6.45, 7) is 4.20. The number of carbonyl (C=O) groups is 1. The average molecular weight is 389 g/mol. The molecule has 0 spiro atoms. The first kappa shape index (κ1) is 18.4. The number of aromatic nitrogens is 2. The molecule has 2 aromatic carbocycles. The summed E-state index contributed by atoms with van der Waals surface area (Å²) in [5, 5.41) is 3.14. The van der Waals surface area contributed by atoms with Crippen LogP contribution in [0, 0.1) is 5.92 Å². The lowest BCUT2D eigenvalue weighted by atomic mass is 10.1. The Bertz CT molecular complexity index is 991. The Morgan fingerprint density at radius 1 is 0.966 bits per heavy atom. The molecule has 0 bridgehead atoms. The Morgan fingerprint density at radius 2 is 1.72 bits per heavy atom. The molecule has 0 unspecified atom stereocenters. The van der Waals surface area contributed by atoms with Crippen LogP contribution >= 0.6 is 0 Å². The van der Waals surface area contributed by atoms with Crippen molar-refractivity contribution in [1.82, 2.24) is 14.5 Å². The molecule has 150 valence electrons. The molecule has 2 aliphatic rings. The molecular weight excluding hydrogens is 360 g/mol. The van der Waals surface area contributed by atoms with E-state index in [2.05, 4.69) is 33.0 Å². The van der Waals surface area contributed by atoms with Crippen molar-refractivity contribution in [2.24, 2.45) is 5.92 Å². The zero-order chi connectivity index (χ0) is 19.6. The fourth-order valence-corrected chi connectivity index (χ4v) is 4.58. The maximum absolute atomic E-state index is 12.9. The Labute approximate surface area is 171 Å². The average Bonchev–Trinajstić information content (AvgIpc) is 3.50. The quantitative estimate of drug-likeness (QED) is 0.686. The molecule has 5 rings (SSSR count). The van der Waals surface area contributed by atoms with E-state index in [1.54, 1.807) is 0 Å². The van der Waals surface area contributed by atoms with Crippen LogP contribution in [0.1, 0.15) is 37.2 Å². The Kier molecular flexibility index (Phi) is 5.06. The van der Waals surface area contributed by atoms with Crippen LogP contribution in [-0.2, 0) is 11.3 Å². The molecule has 2 atom stereocenters. The Hall–Kier alpha value is -2.66. The van der Waals surface area contributed by atoms with Crippen molar-refractivity contribution in [2.45, 2.75) is 38.1 Å². The van der Waals surface area contributed by atoms with E-state index in [0.717, 1.165) is 30.5 Å². The number of para-hydroxylation sites is 2. The van der Waals surface area contributed by atoms with Gasteiger partial charge in [0.2, 0.25) is 11.9 Å². The van der Waals surface area contributed by atoms with Crippen molar-refractivity contribution in [3.63, 3.8) is 0 Å². The first-order valence-electron chi connectivity index (χ1n) is 10.8.